The molecular formula is C18H29N3O6. The number of cyclic esters (lactones) is 1. The Morgan fingerprint density at radius 2 is 2.04 bits per heavy atom. The number of ether oxygens (including phenoxy) is 2. The Bertz CT molecular complexity index is 535. The standard InChI is InChI=1S/C15H21N3O5.C2H6.CH2O/c1-2-12(4-3-5-17-6-7-22-10-14(17)20)18-9-13(8-16-11-19)23-15(18)21;2*1-2/h2-4,11,13H,5-10H2,1H3,(H,16,19);1-2H3;1H2/b4-3-,12-2+;;. The Morgan fingerprint density at radius 3 is 2.63 bits per heavy atom. The van der Waals surface area contributed by atoms with E-state index in [0.717, 1.165) is 0 Å². The first kappa shape index (κ1) is 24.3. The Labute approximate surface area is 160 Å². The van der Waals surface area contributed by atoms with Crippen LogP contribution in [0.4, 0.5) is 4.79 Å². The second-order valence-electron chi connectivity index (χ2n) is 5.15. The van der Waals surface area contributed by atoms with Gasteiger partial charge in [0.25, 0.3) is 0 Å². The first-order valence-electron chi connectivity index (χ1n) is 8.78. The van der Waals surface area contributed by atoms with Gasteiger partial charge in [0, 0.05) is 18.8 Å². The Morgan fingerprint density at radius 1 is 1.33 bits per heavy atom. The monoisotopic (exact) mass is 383 g/mol. The molecule has 0 aromatic heterocycles. The summed E-state index contributed by atoms with van der Waals surface area (Å²) in [6.45, 7) is 10.2. The van der Waals surface area contributed by atoms with Crippen molar-refractivity contribution in [1.29, 1.82) is 0 Å². The Hall–Kier alpha value is -2.68. The third-order valence-corrected chi connectivity index (χ3v) is 3.61. The van der Waals surface area contributed by atoms with Crippen molar-refractivity contribution in [2.75, 3.05) is 39.4 Å². The molecule has 2 saturated heterocycles. The van der Waals surface area contributed by atoms with Gasteiger partial charge in [-0.2, -0.15) is 0 Å². The number of carbonyl (C=O) groups is 4. The molecule has 2 aliphatic heterocycles. The molecule has 27 heavy (non-hydrogen) atoms. The molecule has 0 aromatic carbocycles. The van der Waals surface area contributed by atoms with Gasteiger partial charge >= 0.3 is 6.09 Å². The van der Waals surface area contributed by atoms with Crippen LogP contribution in [0.1, 0.15) is 20.8 Å². The van der Waals surface area contributed by atoms with Crippen molar-refractivity contribution in [1.82, 2.24) is 15.1 Å². The zero-order valence-corrected chi connectivity index (χ0v) is 16.2. The molecule has 0 bridgehead atoms. The maximum Gasteiger partial charge on any atom is 0.414 e. The number of nitrogens with one attached hydrogen (secondary N) is 1. The number of morpholine rings is 1. The number of allylic oxidation sites excluding steroid dienone is 2. The summed E-state index contributed by atoms with van der Waals surface area (Å²) in [5.41, 5.74) is 0.698. The van der Waals surface area contributed by atoms with Gasteiger partial charge in [-0.05, 0) is 13.0 Å². The molecule has 9 heteroatoms. The van der Waals surface area contributed by atoms with E-state index in [1.54, 1.807) is 17.1 Å². The summed E-state index contributed by atoms with van der Waals surface area (Å²) in [7, 11) is 0. The molecule has 2 aliphatic rings. The second kappa shape index (κ2) is 14.5. The number of rotatable bonds is 7. The number of carbonyl (C=O) groups excluding carboxylic acids is 4. The quantitative estimate of drug-likeness (QED) is 0.513. The highest BCUT2D eigenvalue weighted by atomic mass is 16.6. The summed E-state index contributed by atoms with van der Waals surface area (Å²) in [5.74, 6) is -0.0384. The van der Waals surface area contributed by atoms with Gasteiger partial charge in [0.05, 0.1) is 19.7 Å². The van der Waals surface area contributed by atoms with Gasteiger partial charge in [0.1, 0.15) is 19.5 Å². The molecular weight excluding hydrogens is 354 g/mol. The lowest BCUT2D eigenvalue weighted by Crippen LogP contribution is -2.41. The van der Waals surface area contributed by atoms with Crippen LogP contribution in [-0.2, 0) is 23.9 Å². The van der Waals surface area contributed by atoms with Crippen molar-refractivity contribution in [3.8, 4) is 0 Å². The van der Waals surface area contributed by atoms with Gasteiger partial charge in [-0.1, -0.05) is 26.0 Å². The van der Waals surface area contributed by atoms with E-state index in [4.69, 9.17) is 14.3 Å². The summed E-state index contributed by atoms with van der Waals surface area (Å²) >= 11 is 0. The third kappa shape index (κ3) is 8.04. The summed E-state index contributed by atoms with van der Waals surface area (Å²) in [6, 6.07) is 0. The molecule has 2 rings (SSSR count). The summed E-state index contributed by atoms with van der Waals surface area (Å²) in [5, 5.41) is 2.50. The zero-order valence-electron chi connectivity index (χ0n) is 16.2. The van der Waals surface area contributed by atoms with Crippen LogP contribution in [0.2, 0.25) is 0 Å². The zero-order chi connectivity index (χ0) is 20.7. The van der Waals surface area contributed by atoms with E-state index in [-0.39, 0.29) is 25.2 Å². The molecule has 0 spiro atoms. The van der Waals surface area contributed by atoms with Crippen LogP contribution in [0.5, 0.6) is 0 Å². The van der Waals surface area contributed by atoms with Crippen LogP contribution in [-0.4, -0.2) is 80.5 Å². The fraction of sp³-hybridized carbons (Fsp3) is 0.556. The Balaban J connectivity index is 0.00000158. The molecule has 2 heterocycles. The number of nitrogens with zero attached hydrogens (tertiary/aromatic N) is 2. The minimum atomic E-state index is -0.442. The molecule has 0 aliphatic carbocycles. The van der Waals surface area contributed by atoms with Gasteiger partial charge in [0.2, 0.25) is 12.3 Å². The molecule has 3 amide bonds. The van der Waals surface area contributed by atoms with E-state index in [0.29, 0.717) is 38.3 Å². The SMILES string of the molecule is C/C=C(\C=C/CN1CCOCC1=O)N1CC(CNC=O)OC1=O.C=O.CC. The van der Waals surface area contributed by atoms with Crippen molar-refractivity contribution in [2.45, 2.75) is 26.9 Å². The number of hydrogen-bond donors (Lipinski definition) is 1. The average molecular weight is 383 g/mol. The highest BCUT2D eigenvalue weighted by Crippen LogP contribution is 2.18. The maximum absolute atomic E-state index is 11.9. The van der Waals surface area contributed by atoms with Crippen LogP contribution in [0, 0.1) is 0 Å². The van der Waals surface area contributed by atoms with Gasteiger partial charge in [-0.3, -0.25) is 14.5 Å². The van der Waals surface area contributed by atoms with Gasteiger partial charge in [-0.15, -0.1) is 0 Å². The molecule has 152 valence electrons. The maximum atomic E-state index is 11.9. The predicted octanol–water partition coefficient (Wildman–Crippen LogP) is 0.713. The number of hydrogen-bond acceptors (Lipinski definition) is 6. The van der Waals surface area contributed by atoms with Crippen LogP contribution < -0.4 is 5.32 Å². The summed E-state index contributed by atoms with van der Waals surface area (Å²) in [6.07, 6.45) is 5.20. The van der Waals surface area contributed by atoms with Crippen LogP contribution in [0.15, 0.2) is 23.9 Å². The lowest BCUT2D eigenvalue weighted by atomic mass is 10.2. The van der Waals surface area contributed by atoms with Crippen molar-refractivity contribution in [2.24, 2.45) is 0 Å². The summed E-state index contributed by atoms with van der Waals surface area (Å²) < 4.78 is 10.3. The number of amides is 3. The van der Waals surface area contributed by atoms with Crippen LogP contribution >= 0.6 is 0 Å². The molecule has 2 fully saturated rings. The third-order valence-electron chi connectivity index (χ3n) is 3.61. The van der Waals surface area contributed by atoms with Crippen molar-refractivity contribution >= 4 is 25.2 Å². The van der Waals surface area contributed by atoms with E-state index in [1.165, 1.54) is 4.90 Å². The van der Waals surface area contributed by atoms with Crippen LogP contribution in [0.3, 0.4) is 0 Å². The average Bonchev–Trinajstić information content (AvgIpc) is 3.08. The van der Waals surface area contributed by atoms with Crippen molar-refractivity contribution < 1.29 is 28.7 Å². The molecule has 1 unspecified atom stereocenters. The van der Waals surface area contributed by atoms with E-state index < -0.39 is 6.09 Å². The second-order valence-corrected chi connectivity index (χ2v) is 5.15. The van der Waals surface area contributed by atoms with E-state index in [2.05, 4.69) is 5.32 Å². The normalized spacial score (nSPS) is 19.7. The fourth-order valence-corrected chi connectivity index (χ4v) is 2.40. The smallest absolute Gasteiger partial charge is 0.414 e. The first-order valence-corrected chi connectivity index (χ1v) is 8.78. The Kier molecular flexibility index (Phi) is 13.0. The van der Waals surface area contributed by atoms with Crippen LogP contribution in [0.25, 0.3) is 0 Å². The highest BCUT2D eigenvalue weighted by molar-refractivity contribution is 5.78. The molecule has 1 atom stereocenters. The van der Waals surface area contributed by atoms with Gasteiger partial charge in [0.15, 0.2) is 0 Å². The van der Waals surface area contributed by atoms with Gasteiger partial charge in [-0.25, -0.2) is 4.79 Å². The fourth-order valence-electron chi connectivity index (χ4n) is 2.40. The topological polar surface area (TPSA) is 105 Å². The van der Waals surface area contributed by atoms with Crippen molar-refractivity contribution in [3.05, 3.63) is 23.9 Å². The largest absolute Gasteiger partial charge is 0.442 e. The predicted molar refractivity (Wildman–Crippen MR) is 99.8 cm³/mol. The molecule has 0 radical (unpaired) electrons. The lowest BCUT2D eigenvalue weighted by molar-refractivity contribution is -0.141. The first-order chi connectivity index (χ1) is 13.2. The summed E-state index contributed by atoms with van der Waals surface area (Å²) in [4.78, 5) is 45.0. The minimum absolute atomic E-state index is 0.0384. The molecule has 1 N–H and O–H groups in total. The van der Waals surface area contributed by atoms with Crippen molar-refractivity contribution in [3.63, 3.8) is 0 Å². The molecule has 0 aromatic rings. The molecule has 9 nitrogen and oxygen atoms in total. The lowest BCUT2D eigenvalue weighted by Gasteiger charge is -2.25. The van der Waals surface area contributed by atoms with E-state index in [9.17, 15) is 14.4 Å². The van der Waals surface area contributed by atoms with E-state index in [1.807, 2.05) is 33.6 Å². The molecule has 0 saturated carbocycles. The minimum Gasteiger partial charge on any atom is -0.442 e. The highest BCUT2D eigenvalue weighted by Gasteiger charge is 2.32. The van der Waals surface area contributed by atoms with Gasteiger partial charge < -0.3 is 24.5 Å². The van der Waals surface area contributed by atoms with E-state index >= 15 is 0 Å².